The maximum Gasteiger partial charge on any atom is 0.344 e. The van der Waals surface area contributed by atoms with Crippen LogP contribution < -0.4 is 10.8 Å². The van der Waals surface area contributed by atoms with Crippen molar-refractivity contribution in [2.45, 2.75) is 19.8 Å². The molecule has 9 heteroatoms. The van der Waals surface area contributed by atoms with Gasteiger partial charge in [0.2, 0.25) is 0 Å². The van der Waals surface area contributed by atoms with Crippen LogP contribution in [-0.2, 0) is 0 Å². The van der Waals surface area contributed by atoms with Crippen LogP contribution in [0.2, 0.25) is 4.24 Å². The molecule has 0 fully saturated rings. The summed E-state index contributed by atoms with van der Waals surface area (Å²) in [6.45, 7) is 2.28. The lowest BCUT2D eigenvalue weighted by atomic mass is 10.1. The molecule has 0 saturated heterocycles. The molecule has 0 amide bonds. The van der Waals surface area contributed by atoms with Crippen molar-refractivity contribution in [2.75, 3.05) is 6.54 Å². The second-order valence-electron chi connectivity index (χ2n) is 3.66. The standard InChI is InChI=1S/C8H2F4O4.C4H11N/c9-3-1(7(13)14)4(10)6(12)2(5(3)11)8(15)16;1-2-3-4-5/h(H,13,14)(H,15,16);2-5H2,1H3/i/hD4. The van der Waals surface area contributed by atoms with Gasteiger partial charge in [-0.2, -0.15) is 0 Å². The Bertz CT molecular complexity index is 626. The van der Waals surface area contributed by atoms with E-state index in [1.807, 2.05) is 6.92 Å². The normalized spacial score (nSPS) is 13.0. The van der Waals surface area contributed by atoms with Crippen LogP contribution in [0.3, 0.4) is 0 Å². The second-order valence-corrected chi connectivity index (χ2v) is 3.66. The molecule has 5 nitrogen and oxygen atoms in total. The maximum atomic E-state index is 13.0. The van der Waals surface area contributed by atoms with Crippen molar-refractivity contribution in [3.05, 3.63) is 34.4 Å². The lowest BCUT2D eigenvalue weighted by Crippen LogP contribution is -2.49. The molecule has 0 aromatic heterocycles. The number of carboxylic acids is 2. The highest BCUT2D eigenvalue weighted by molar-refractivity contribution is 5.92. The summed E-state index contributed by atoms with van der Waals surface area (Å²) in [6.07, 6.45) is 1.74. The summed E-state index contributed by atoms with van der Waals surface area (Å²) in [7, 11) is 0. The van der Waals surface area contributed by atoms with Crippen LogP contribution in [0.5, 0.6) is 0 Å². The van der Waals surface area contributed by atoms with Gasteiger partial charge in [-0.25, -0.2) is 22.4 Å². The fourth-order valence-electron chi connectivity index (χ4n) is 1.15. The van der Waals surface area contributed by atoms with E-state index in [9.17, 15) is 32.3 Å². The van der Waals surface area contributed by atoms with Crippen LogP contribution in [-0.4, -0.2) is 23.6 Å². The van der Waals surface area contributed by atoms with E-state index in [2.05, 4.69) is 5.11 Å². The van der Waals surface area contributed by atoms with Gasteiger partial charge in [0, 0.05) is 0 Å². The summed E-state index contributed by atoms with van der Waals surface area (Å²) in [5.41, 5.74) is -4.96. The quantitative estimate of drug-likeness (QED) is 0.603. The molecule has 0 radical (unpaired) electrons. The minimum Gasteiger partial charge on any atom is -0.545 e. The molecule has 0 aliphatic rings. The summed E-state index contributed by atoms with van der Waals surface area (Å²) in [4.78, 5) is 20.9. The monoisotopic (exact) mass is 315 g/mol. The highest BCUT2D eigenvalue weighted by Crippen LogP contribution is 2.23. The molecule has 118 valence electrons. The number of quaternary nitrogens is 1. The SMILES string of the molecule is [2H]OC(=O)c1c(F)c(F)c(C(=O)[O-])c(F)c1F.[2H][N+]([2H])([2H])CCCC. The van der Waals surface area contributed by atoms with Gasteiger partial charge in [-0.3, -0.25) is 0 Å². The van der Waals surface area contributed by atoms with E-state index >= 15 is 0 Å². The lowest BCUT2D eigenvalue weighted by Gasteiger charge is -2.09. The number of benzene rings is 1. The number of carbonyl (C=O) groups is 2. The number of halogens is 4. The number of rotatable bonds is 5. The van der Waals surface area contributed by atoms with Gasteiger partial charge in [0.05, 0.1) is 18.1 Å². The molecular weight excluding hydrogens is 298 g/mol. The Morgan fingerprint density at radius 2 is 1.67 bits per heavy atom. The first kappa shape index (κ1) is 12.6. The van der Waals surface area contributed by atoms with Crippen molar-refractivity contribution in [2.24, 2.45) is 0 Å². The topological polar surface area (TPSA) is 105 Å². The van der Waals surface area contributed by atoms with Crippen LogP contribution in [0, 0.1) is 23.3 Å². The van der Waals surface area contributed by atoms with Crippen molar-refractivity contribution in [3.63, 3.8) is 0 Å². The zero-order valence-electron chi connectivity index (χ0n) is 14.7. The number of hydrogen-bond donors (Lipinski definition) is 2. The zero-order valence-corrected chi connectivity index (χ0v) is 10.7. The predicted molar refractivity (Wildman–Crippen MR) is 60.2 cm³/mol. The highest BCUT2D eigenvalue weighted by Gasteiger charge is 2.29. The van der Waals surface area contributed by atoms with E-state index in [0.717, 1.165) is 12.8 Å². The first-order valence-corrected chi connectivity index (χ1v) is 5.60. The Balaban J connectivity index is 0.000000609. The molecule has 21 heavy (non-hydrogen) atoms. The smallest absolute Gasteiger partial charge is 0.344 e. The average Bonchev–Trinajstić information content (AvgIpc) is 2.50. The van der Waals surface area contributed by atoms with E-state index in [-0.39, 0.29) is 0 Å². The first-order valence-electron chi connectivity index (χ1n) is 7.35. The summed E-state index contributed by atoms with van der Waals surface area (Å²) >= 11 is 0. The molecule has 0 spiro atoms. The van der Waals surface area contributed by atoms with Crippen LogP contribution in [0.15, 0.2) is 0 Å². The van der Waals surface area contributed by atoms with Gasteiger partial charge < -0.3 is 20.7 Å². The van der Waals surface area contributed by atoms with E-state index in [0.29, 0.717) is 6.54 Å². The molecule has 1 aromatic carbocycles. The van der Waals surface area contributed by atoms with E-state index in [1.54, 1.807) is 0 Å². The van der Waals surface area contributed by atoms with Gasteiger partial charge in [-0.15, -0.1) is 0 Å². The van der Waals surface area contributed by atoms with Gasteiger partial charge in [0.25, 0.3) is 1.43 Å². The summed E-state index contributed by atoms with van der Waals surface area (Å²) < 4.78 is 78.2. The Kier molecular flexibility index (Phi) is 4.91. The van der Waals surface area contributed by atoms with Crippen molar-refractivity contribution >= 4 is 11.9 Å². The lowest BCUT2D eigenvalue weighted by molar-refractivity contribution is -0.368. The van der Waals surface area contributed by atoms with Crippen molar-refractivity contribution in [1.82, 2.24) is 0 Å². The van der Waals surface area contributed by atoms with Gasteiger partial charge in [0.1, 0.15) is 5.56 Å². The van der Waals surface area contributed by atoms with Crippen LogP contribution in [0.1, 0.15) is 40.5 Å². The van der Waals surface area contributed by atoms with Crippen LogP contribution in [0.4, 0.5) is 17.6 Å². The fourth-order valence-corrected chi connectivity index (χ4v) is 1.15. The van der Waals surface area contributed by atoms with Gasteiger partial charge in [-0.1, -0.05) is 13.3 Å². The third-order valence-electron chi connectivity index (χ3n) is 2.18. The molecule has 1 aromatic rings. The molecular formula is C12H13F4NO4. The maximum absolute atomic E-state index is 13.0. The minimum atomic E-state index is -2.50. The van der Waals surface area contributed by atoms with Crippen LogP contribution in [0.25, 0.3) is 1.43 Å². The fraction of sp³-hybridized carbons (Fsp3) is 0.333. The van der Waals surface area contributed by atoms with Gasteiger partial charge >= 0.3 is 10.2 Å². The largest absolute Gasteiger partial charge is 0.545 e. The zero-order chi connectivity index (χ0) is 19.9. The molecule has 0 heterocycles. The molecule has 0 unspecified atom stereocenters. The van der Waals surface area contributed by atoms with E-state index < -0.39 is 52.0 Å². The molecule has 0 aliphatic heterocycles. The van der Waals surface area contributed by atoms with Gasteiger partial charge in [-0.05, 0) is 6.42 Å². The Hall–Kier alpha value is -2.16. The Morgan fingerprint density at radius 3 is 1.95 bits per heavy atom. The number of carbonyl (C=O) groups excluding carboxylic acids is 1. The minimum absolute atomic E-state index is 0.302. The number of hydrogen-bond acceptors (Lipinski definition) is 4. The molecule has 0 saturated carbocycles. The second kappa shape index (κ2) is 8.20. The third kappa shape index (κ3) is 4.42. The van der Waals surface area contributed by atoms with Crippen molar-refractivity contribution in [1.29, 1.82) is 1.43 Å². The molecule has 0 bridgehead atoms. The van der Waals surface area contributed by atoms with Crippen molar-refractivity contribution in [3.8, 4) is 0 Å². The number of carboxylic acid groups (broad SMARTS) is 2. The first-order chi connectivity index (χ1) is 11.4. The summed E-state index contributed by atoms with van der Waals surface area (Å²) in [5, 5.41) is 13.4. The predicted octanol–water partition coefficient (Wildman–Crippen LogP) is 0.333. The third-order valence-corrected chi connectivity index (χ3v) is 2.18. The van der Waals surface area contributed by atoms with Crippen molar-refractivity contribution < 1.29 is 47.3 Å². The molecule has 0 atom stereocenters. The molecule has 1 rings (SSSR count). The molecule has 0 aliphatic carbocycles. The number of aromatic carboxylic acids is 2. The van der Waals surface area contributed by atoms with E-state index in [4.69, 9.17) is 5.67 Å². The summed E-state index contributed by atoms with van der Waals surface area (Å²) in [5.74, 6) is -13.7. The van der Waals surface area contributed by atoms with E-state index in [1.165, 1.54) is 0 Å². The Labute approximate surface area is 122 Å². The Morgan fingerprint density at radius 1 is 1.19 bits per heavy atom. The highest BCUT2D eigenvalue weighted by atomic mass is 19.2. The summed E-state index contributed by atoms with van der Waals surface area (Å²) in [6, 6.07) is 0. The average molecular weight is 315 g/mol. The van der Waals surface area contributed by atoms with Gasteiger partial charge in [0.15, 0.2) is 23.3 Å². The van der Waals surface area contributed by atoms with Crippen LogP contribution >= 0.6 is 0 Å². The molecule has 4 N–H and O–H groups in total. The number of unbranched alkanes of at least 4 members (excludes halogenated alkanes) is 1.